The van der Waals surface area contributed by atoms with E-state index < -0.39 is 0 Å². The monoisotopic (exact) mass is 276 g/mol. The molecular weight excluding hydrogens is 252 g/mol. The van der Waals surface area contributed by atoms with Crippen LogP contribution in [0.15, 0.2) is 24.3 Å². The van der Waals surface area contributed by atoms with Gasteiger partial charge in [-0.3, -0.25) is 4.79 Å². The van der Waals surface area contributed by atoms with E-state index in [2.05, 4.69) is 10.6 Å². The normalized spacial score (nSPS) is 21.9. The van der Waals surface area contributed by atoms with Crippen molar-refractivity contribution in [3.05, 3.63) is 35.4 Å². The second kappa shape index (κ2) is 6.86. The standard InChI is InChI=1S/C16H24N2O2/c1-13-6-3-4-7-14(13)10-15(19)17-11-16(12-20-2)8-5-9-18-16/h3-4,6-7,18H,5,8-12H2,1-2H3,(H,17,19). The molecular formula is C16H24N2O2. The fourth-order valence-corrected chi connectivity index (χ4v) is 2.78. The topological polar surface area (TPSA) is 50.4 Å². The zero-order valence-corrected chi connectivity index (χ0v) is 12.4. The molecule has 1 aromatic rings. The summed E-state index contributed by atoms with van der Waals surface area (Å²) in [5.74, 6) is 0.0727. The minimum atomic E-state index is -0.0872. The summed E-state index contributed by atoms with van der Waals surface area (Å²) in [7, 11) is 1.71. The van der Waals surface area contributed by atoms with Gasteiger partial charge < -0.3 is 15.4 Å². The van der Waals surface area contributed by atoms with E-state index in [-0.39, 0.29) is 11.4 Å². The highest BCUT2D eigenvalue weighted by atomic mass is 16.5. The first-order valence-electron chi connectivity index (χ1n) is 7.20. The Balaban J connectivity index is 1.87. The van der Waals surface area contributed by atoms with Crippen LogP contribution in [0.1, 0.15) is 24.0 Å². The molecule has 2 rings (SSSR count). The molecule has 110 valence electrons. The number of hydrogen-bond acceptors (Lipinski definition) is 3. The Morgan fingerprint density at radius 3 is 2.90 bits per heavy atom. The maximum absolute atomic E-state index is 12.1. The van der Waals surface area contributed by atoms with Crippen LogP contribution < -0.4 is 10.6 Å². The van der Waals surface area contributed by atoms with Gasteiger partial charge in [0, 0.05) is 13.7 Å². The van der Waals surface area contributed by atoms with E-state index >= 15 is 0 Å². The lowest BCUT2D eigenvalue weighted by Crippen LogP contribution is -2.53. The number of carbonyl (C=O) groups excluding carboxylic acids is 1. The van der Waals surface area contributed by atoms with Crippen LogP contribution in [0.2, 0.25) is 0 Å². The Bertz CT molecular complexity index is 454. The van der Waals surface area contributed by atoms with E-state index in [0.29, 0.717) is 19.6 Å². The van der Waals surface area contributed by atoms with Gasteiger partial charge in [0.05, 0.1) is 18.6 Å². The molecule has 0 radical (unpaired) electrons. The first-order valence-corrected chi connectivity index (χ1v) is 7.20. The van der Waals surface area contributed by atoms with E-state index in [1.165, 1.54) is 0 Å². The molecule has 1 heterocycles. The molecule has 0 aromatic heterocycles. The van der Waals surface area contributed by atoms with Crippen LogP contribution >= 0.6 is 0 Å². The maximum atomic E-state index is 12.1. The first kappa shape index (κ1) is 15.0. The van der Waals surface area contributed by atoms with Crippen molar-refractivity contribution in [3.63, 3.8) is 0 Å². The van der Waals surface area contributed by atoms with Crippen molar-refractivity contribution < 1.29 is 9.53 Å². The van der Waals surface area contributed by atoms with Crippen LogP contribution in [0.4, 0.5) is 0 Å². The highest BCUT2D eigenvalue weighted by Crippen LogP contribution is 2.18. The van der Waals surface area contributed by atoms with Crippen molar-refractivity contribution in [2.75, 3.05) is 26.8 Å². The smallest absolute Gasteiger partial charge is 0.224 e. The average Bonchev–Trinajstić information content (AvgIpc) is 2.89. The number of methoxy groups -OCH3 is 1. The lowest BCUT2D eigenvalue weighted by Gasteiger charge is -2.29. The van der Waals surface area contributed by atoms with Gasteiger partial charge in [0.2, 0.25) is 5.91 Å². The highest BCUT2D eigenvalue weighted by Gasteiger charge is 2.33. The van der Waals surface area contributed by atoms with Crippen molar-refractivity contribution in [1.82, 2.24) is 10.6 Å². The van der Waals surface area contributed by atoms with Crippen LogP contribution in [-0.4, -0.2) is 38.3 Å². The molecule has 1 unspecified atom stereocenters. The van der Waals surface area contributed by atoms with Gasteiger partial charge in [-0.25, -0.2) is 0 Å². The molecule has 0 spiro atoms. The van der Waals surface area contributed by atoms with E-state index in [1.807, 2.05) is 31.2 Å². The van der Waals surface area contributed by atoms with Gasteiger partial charge in [0.25, 0.3) is 0 Å². The number of amides is 1. The summed E-state index contributed by atoms with van der Waals surface area (Å²) in [6.07, 6.45) is 2.62. The number of rotatable bonds is 6. The number of ether oxygens (including phenoxy) is 1. The Morgan fingerprint density at radius 2 is 2.25 bits per heavy atom. The Labute approximate surface area is 120 Å². The Hall–Kier alpha value is -1.39. The molecule has 0 saturated carbocycles. The van der Waals surface area contributed by atoms with E-state index in [1.54, 1.807) is 7.11 Å². The first-order chi connectivity index (χ1) is 9.65. The molecule has 0 aliphatic carbocycles. The number of nitrogens with one attached hydrogen (secondary N) is 2. The third kappa shape index (κ3) is 3.81. The van der Waals surface area contributed by atoms with E-state index in [0.717, 1.165) is 30.5 Å². The molecule has 1 aromatic carbocycles. The largest absolute Gasteiger partial charge is 0.383 e. The second-order valence-electron chi connectivity index (χ2n) is 5.62. The Morgan fingerprint density at radius 1 is 1.45 bits per heavy atom. The predicted octanol–water partition coefficient (Wildman–Crippen LogP) is 1.42. The third-order valence-corrected chi connectivity index (χ3v) is 3.99. The van der Waals surface area contributed by atoms with E-state index in [4.69, 9.17) is 4.74 Å². The fraction of sp³-hybridized carbons (Fsp3) is 0.562. The molecule has 1 saturated heterocycles. The highest BCUT2D eigenvalue weighted by molar-refractivity contribution is 5.79. The predicted molar refractivity (Wildman–Crippen MR) is 79.7 cm³/mol. The lowest BCUT2D eigenvalue weighted by molar-refractivity contribution is -0.120. The van der Waals surface area contributed by atoms with Gasteiger partial charge in [-0.2, -0.15) is 0 Å². The quantitative estimate of drug-likeness (QED) is 0.826. The van der Waals surface area contributed by atoms with Gasteiger partial charge in [-0.1, -0.05) is 24.3 Å². The average molecular weight is 276 g/mol. The molecule has 1 aliphatic heterocycles. The minimum Gasteiger partial charge on any atom is -0.383 e. The number of hydrogen-bond donors (Lipinski definition) is 2. The minimum absolute atomic E-state index is 0.0727. The summed E-state index contributed by atoms with van der Waals surface area (Å²) in [5.41, 5.74) is 2.16. The van der Waals surface area contributed by atoms with Gasteiger partial charge in [0.1, 0.15) is 0 Å². The molecule has 1 amide bonds. The van der Waals surface area contributed by atoms with Crippen molar-refractivity contribution in [2.45, 2.75) is 31.7 Å². The molecule has 2 N–H and O–H groups in total. The summed E-state index contributed by atoms with van der Waals surface area (Å²) in [4.78, 5) is 12.1. The lowest BCUT2D eigenvalue weighted by atomic mass is 9.98. The van der Waals surface area contributed by atoms with Gasteiger partial charge in [-0.05, 0) is 37.4 Å². The maximum Gasteiger partial charge on any atom is 0.224 e. The molecule has 1 fully saturated rings. The third-order valence-electron chi connectivity index (χ3n) is 3.99. The van der Waals surface area contributed by atoms with Crippen molar-refractivity contribution >= 4 is 5.91 Å². The zero-order valence-electron chi connectivity index (χ0n) is 12.4. The zero-order chi connectivity index (χ0) is 14.4. The molecule has 1 aliphatic rings. The van der Waals surface area contributed by atoms with Crippen LogP contribution in [0.5, 0.6) is 0 Å². The van der Waals surface area contributed by atoms with Gasteiger partial charge in [0.15, 0.2) is 0 Å². The summed E-state index contributed by atoms with van der Waals surface area (Å²) < 4.78 is 5.29. The van der Waals surface area contributed by atoms with Crippen molar-refractivity contribution in [3.8, 4) is 0 Å². The second-order valence-corrected chi connectivity index (χ2v) is 5.62. The van der Waals surface area contributed by atoms with Gasteiger partial charge in [-0.15, -0.1) is 0 Å². The fourth-order valence-electron chi connectivity index (χ4n) is 2.78. The molecule has 4 nitrogen and oxygen atoms in total. The van der Waals surface area contributed by atoms with Gasteiger partial charge >= 0.3 is 0 Å². The molecule has 20 heavy (non-hydrogen) atoms. The van der Waals surface area contributed by atoms with Crippen LogP contribution in [0.25, 0.3) is 0 Å². The van der Waals surface area contributed by atoms with E-state index in [9.17, 15) is 4.79 Å². The summed E-state index contributed by atoms with van der Waals surface area (Å²) in [5, 5.41) is 6.51. The number of benzene rings is 1. The van der Waals surface area contributed by atoms with Crippen LogP contribution in [0.3, 0.4) is 0 Å². The summed E-state index contributed by atoms with van der Waals surface area (Å²) in [6.45, 7) is 4.30. The van der Waals surface area contributed by atoms with Crippen LogP contribution in [-0.2, 0) is 16.0 Å². The van der Waals surface area contributed by atoms with Crippen molar-refractivity contribution in [2.24, 2.45) is 0 Å². The van der Waals surface area contributed by atoms with Crippen molar-refractivity contribution in [1.29, 1.82) is 0 Å². The molecule has 0 bridgehead atoms. The molecule has 1 atom stereocenters. The Kier molecular flexibility index (Phi) is 5.15. The SMILES string of the molecule is COCC1(CNC(=O)Cc2ccccc2C)CCCN1. The number of aryl methyl sites for hydroxylation is 1. The summed E-state index contributed by atoms with van der Waals surface area (Å²) in [6, 6.07) is 8.01. The summed E-state index contributed by atoms with van der Waals surface area (Å²) >= 11 is 0. The number of carbonyl (C=O) groups is 1. The van der Waals surface area contributed by atoms with Crippen LogP contribution in [0, 0.1) is 6.92 Å². The molecule has 4 heteroatoms.